The molecule has 0 aliphatic carbocycles. The van der Waals surface area contributed by atoms with Crippen molar-refractivity contribution in [2.45, 2.75) is 19.5 Å². The van der Waals surface area contributed by atoms with E-state index < -0.39 is 0 Å². The molecule has 0 spiro atoms. The van der Waals surface area contributed by atoms with Crippen LogP contribution >= 0.6 is 0 Å². The SMILES string of the molecule is CC(CO)N(C)c1nc2ccccc2cc1CN. The molecule has 4 heteroatoms. The Hall–Kier alpha value is -1.65. The van der Waals surface area contributed by atoms with Crippen molar-refractivity contribution in [3.63, 3.8) is 0 Å². The van der Waals surface area contributed by atoms with Crippen LogP contribution in [-0.4, -0.2) is 29.8 Å². The number of nitrogens with zero attached hydrogens (tertiary/aromatic N) is 2. The first kappa shape index (κ1) is 12.8. The van der Waals surface area contributed by atoms with E-state index in [0.717, 1.165) is 22.3 Å². The Morgan fingerprint density at radius 2 is 2.11 bits per heavy atom. The second kappa shape index (κ2) is 5.33. The number of aliphatic hydroxyl groups excluding tert-OH is 1. The number of hydrogen-bond acceptors (Lipinski definition) is 4. The summed E-state index contributed by atoms with van der Waals surface area (Å²) in [7, 11) is 1.93. The molecule has 0 amide bonds. The molecule has 1 aromatic carbocycles. The molecule has 0 radical (unpaired) electrons. The average Bonchev–Trinajstić information content (AvgIpc) is 2.44. The molecule has 1 aromatic heterocycles. The van der Waals surface area contributed by atoms with Gasteiger partial charge in [0, 0.05) is 24.5 Å². The number of pyridine rings is 1. The summed E-state index contributed by atoms with van der Waals surface area (Å²) in [4.78, 5) is 6.62. The molecule has 0 fully saturated rings. The van der Waals surface area contributed by atoms with Crippen LogP contribution in [0.2, 0.25) is 0 Å². The van der Waals surface area contributed by atoms with Crippen LogP contribution in [-0.2, 0) is 6.54 Å². The standard InChI is InChI=1S/C14H19N3O/c1-10(9-18)17(2)14-12(8-15)7-11-5-3-4-6-13(11)16-14/h3-7,10,18H,8-9,15H2,1-2H3. The van der Waals surface area contributed by atoms with Gasteiger partial charge in [-0.1, -0.05) is 18.2 Å². The highest BCUT2D eigenvalue weighted by atomic mass is 16.3. The van der Waals surface area contributed by atoms with Crippen LogP contribution in [0.4, 0.5) is 5.82 Å². The largest absolute Gasteiger partial charge is 0.394 e. The average molecular weight is 245 g/mol. The highest BCUT2D eigenvalue weighted by molar-refractivity contribution is 5.81. The third-order valence-electron chi connectivity index (χ3n) is 3.26. The van der Waals surface area contributed by atoms with Crippen molar-refractivity contribution in [2.75, 3.05) is 18.6 Å². The van der Waals surface area contributed by atoms with Crippen LogP contribution in [0.25, 0.3) is 10.9 Å². The highest BCUT2D eigenvalue weighted by Gasteiger charge is 2.14. The first-order valence-corrected chi connectivity index (χ1v) is 6.09. The molecular weight excluding hydrogens is 226 g/mol. The number of nitrogens with two attached hydrogens (primary N) is 1. The molecule has 0 saturated carbocycles. The lowest BCUT2D eigenvalue weighted by atomic mass is 10.1. The Kier molecular flexibility index (Phi) is 3.79. The van der Waals surface area contributed by atoms with Crippen LogP contribution in [0.1, 0.15) is 12.5 Å². The first-order chi connectivity index (χ1) is 8.67. The molecule has 2 rings (SSSR count). The van der Waals surface area contributed by atoms with E-state index in [4.69, 9.17) is 5.73 Å². The first-order valence-electron chi connectivity index (χ1n) is 6.09. The summed E-state index contributed by atoms with van der Waals surface area (Å²) in [5, 5.41) is 10.3. The van der Waals surface area contributed by atoms with E-state index in [9.17, 15) is 5.11 Å². The third kappa shape index (κ3) is 2.30. The lowest BCUT2D eigenvalue weighted by Crippen LogP contribution is -2.33. The fourth-order valence-corrected chi connectivity index (χ4v) is 1.94. The maximum atomic E-state index is 9.24. The van der Waals surface area contributed by atoms with E-state index in [-0.39, 0.29) is 12.6 Å². The lowest BCUT2D eigenvalue weighted by Gasteiger charge is -2.26. The van der Waals surface area contributed by atoms with E-state index in [2.05, 4.69) is 11.1 Å². The molecule has 96 valence electrons. The zero-order valence-corrected chi connectivity index (χ0v) is 10.8. The van der Waals surface area contributed by atoms with Gasteiger partial charge in [-0.05, 0) is 19.1 Å². The molecule has 2 aromatic rings. The van der Waals surface area contributed by atoms with Gasteiger partial charge in [0.05, 0.1) is 18.2 Å². The Morgan fingerprint density at radius 3 is 2.78 bits per heavy atom. The molecule has 0 aliphatic rings. The molecule has 0 bridgehead atoms. The maximum absolute atomic E-state index is 9.24. The summed E-state index contributed by atoms with van der Waals surface area (Å²) in [6.07, 6.45) is 0. The smallest absolute Gasteiger partial charge is 0.133 e. The normalized spacial score (nSPS) is 12.7. The summed E-state index contributed by atoms with van der Waals surface area (Å²) in [6, 6.07) is 10.1. The number of aromatic nitrogens is 1. The summed E-state index contributed by atoms with van der Waals surface area (Å²) in [5.41, 5.74) is 7.73. The van der Waals surface area contributed by atoms with Crippen molar-refractivity contribution in [2.24, 2.45) is 5.73 Å². The summed E-state index contributed by atoms with van der Waals surface area (Å²) < 4.78 is 0. The summed E-state index contributed by atoms with van der Waals surface area (Å²) in [6.45, 7) is 2.49. The zero-order valence-electron chi connectivity index (χ0n) is 10.8. The molecule has 0 aliphatic heterocycles. The van der Waals surface area contributed by atoms with Gasteiger partial charge in [-0.2, -0.15) is 0 Å². The number of aliphatic hydroxyl groups is 1. The molecule has 3 N–H and O–H groups in total. The number of anilines is 1. The van der Waals surface area contributed by atoms with E-state index in [1.54, 1.807) is 0 Å². The van der Waals surface area contributed by atoms with Gasteiger partial charge in [0.15, 0.2) is 0 Å². The number of likely N-dealkylation sites (N-methyl/N-ethyl adjacent to an activating group) is 1. The molecule has 1 atom stereocenters. The topological polar surface area (TPSA) is 62.4 Å². The van der Waals surface area contributed by atoms with E-state index in [0.29, 0.717) is 6.54 Å². The van der Waals surface area contributed by atoms with Crippen LogP contribution < -0.4 is 10.6 Å². The lowest BCUT2D eigenvalue weighted by molar-refractivity contribution is 0.269. The number of para-hydroxylation sites is 1. The summed E-state index contributed by atoms with van der Waals surface area (Å²) in [5.74, 6) is 0.845. The predicted octanol–water partition coefficient (Wildman–Crippen LogP) is 1.51. The van der Waals surface area contributed by atoms with Gasteiger partial charge in [-0.25, -0.2) is 4.98 Å². The van der Waals surface area contributed by atoms with Crippen molar-refractivity contribution in [1.29, 1.82) is 0 Å². The molecule has 18 heavy (non-hydrogen) atoms. The fourth-order valence-electron chi connectivity index (χ4n) is 1.94. The number of benzene rings is 1. The van der Waals surface area contributed by atoms with Gasteiger partial charge in [0.1, 0.15) is 5.82 Å². The second-order valence-corrected chi connectivity index (χ2v) is 4.51. The van der Waals surface area contributed by atoms with Crippen LogP contribution in [0.3, 0.4) is 0 Å². The van der Waals surface area contributed by atoms with Crippen molar-refractivity contribution in [3.8, 4) is 0 Å². The van der Waals surface area contributed by atoms with Gasteiger partial charge in [-0.15, -0.1) is 0 Å². The molecule has 1 heterocycles. The fraction of sp³-hybridized carbons (Fsp3) is 0.357. The van der Waals surface area contributed by atoms with Gasteiger partial charge < -0.3 is 15.7 Å². The predicted molar refractivity (Wildman–Crippen MR) is 74.6 cm³/mol. The second-order valence-electron chi connectivity index (χ2n) is 4.51. The molecule has 0 saturated heterocycles. The zero-order chi connectivity index (χ0) is 13.1. The van der Waals surface area contributed by atoms with Crippen molar-refractivity contribution in [1.82, 2.24) is 4.98 Å². The minimum Gasteiger partial charge on any atom is -0.394 e. The Bertz CT molecular complexity index is 542. The highest BCUT2D eigenvalue weighted by Crippen LogP contribution is 2.23. The molecule has 4 nitrogen and oxygen atoms in total. The maximum Gasteiger partial charge on any atom is 0.133 e. The van der Waals surface area contributed by atoms with Crippen molar-refractivity contribution < 1.29 is 5.11 Å². The van der Waals surface area contributed by atoms with Crippen molar-refractivity contribution >= 4 is 16.7 Å². The molecule has 1 unspecified atom stereocenters. The Morgan fingerprint density at radius 1 is 1.39 bits per heavy atom. The molecular formula is C14H19N3O. The minimum atomic E-state index is 0.0176. The van der Waals surface area contributed by atoms with Gasteiger partial charge in [0.25, 0.3) is 0 Å². The van der Waals surface area contributed by atoms with E-state index in [1.807, 2.05) is 43.1 Å². The van der Waals surface area contributed by atoms with Gasteiger partial charge >= 0.3 is 0 Å². The van der Waals surface area contributed by atoms with Crippen LogP contribution in [0.5, 0.6) is 0 Å². The number of hydrogen-bond donors (Lipinski definition) is 2. The Balaban J connectivity index is 2.54. The van der Waals surface area contributed by atoms with Gasteiger partial charge in [0.2, 0.25) is 0 Å². The van der Waals surface area contributed by atoms with E-state index in [1.165, 1.54) is 0 Å². The minimum absolute atomic E-state index is 0.0176. The van der Waals surface area contributed by atoms with Crippen LogP contribution in [0, 0.1) is 0 Å². The van der Waals surface area contributed by atoms with E-state index >= 15 is 0 Å². The third-order valence-corrected chi connectivity index (χ3v) is 3.26. The monoisotopic (exact) mass is 245 g/mol. The van der Waals surface area contributed by atoms with Gasteiger partial charge in [-0.3, -0.25) is 0 Å². The quantitative estimate of drug-likeness (QED) is 0.857. The van der Waals surface area contributed by atoms with Crippen molar-refractivity contribution in [3.05, 3.63) is 35.9 Å². The number of fused-ring (bicyclic) bond motifs is 1. The Labute approximate surface area is 107 Å². The van der Waals surface area contributed by atoms with Crippen LogP contribution in [0.15, 0.2) is 30.3 Å². The summed E-state index contributed by atoms with van der Waals surface area (Å²) >= 11 is 0. The number of rotatable bonds is 4.